The molecule has 4 heteroatoms. The molecule has 1 aromatic rings. The number of ether oxygens (including phenoxy) is 1. The highest BCUT2D eigenvalue weighted by Gasteiger charge is 2.27. The summed E-state index contributed by atoms with van der Waals surface area (Å²) in [6.45, 7) is 7.96. The van der Waals surface area contributed by atoms with Crippen LogP contribution in [0.4, 0.5) is 0 Å². The average Bonchev–Trinajstić information content (AvgIpc) is 2.45. The Bertz CT molecular complexity index is 459. The number of carbonyl (C=O) groups excluding carboxylic acids is 1. The van der Waals surface area contributed by atoms with E-state index >= 15 is 0 Å². The van der Waals surface area contributed by atoms with Crippen LogP contribution in [0.2, 0.25) is 0 Å². The van der Waals surface area contributed by atoms with E-state index in [9.17, 15) is 9.90 Å². The number of methoxy groups -OCH3 is 1. The molecule has 0 saturated carbocycles. The zero-order chi connectivity index (χ0) is 15.3. The summed E-state index contributed by atoms with van der Waals surface area (Å²) in [4.78, 5) is 11.9. The first-order chi connectivity index (χ1) is 9.40. The predicted molar refractivity (Wildman–Crippen MR) is 79.7 cm³/mol. The second kappa shape index (κ2) is 7.29. The van der Waals surface area contributed by atoms with E-state index in [-0.39, 0.29) is 29.7 Å². The number of aromatic hydroxyl groups is 1. The second-order valence-corrected chi connectivity index (χ2v) is 5.34. The van der Waals surface area contributed by atoms with Gasteiger partial charge in [-0.3, -0.25) is 10.1 Å². The quantitative estimate of drug-likeness (QED) is 0.786. The molecule has 3 atom stereocenters. The van der Waals surface area contributed by atoms with Crippen LogP contribution in [0.1, 0.15) is 44.4 Å². The lowest BCUT2D eigenvalue weighted by molar-refractivity contribution is -0.144. The molecule has 0 aliphatic heterocycles. The molecule has 0 saturated heterocycles. The van der Waals surface area contributed by atoms with E-state index in [0.717, 1.165) is 17.5 Å². The van der Waals surface area contributed by atoms with Crippen LogP contribution in [-0.4, -0.2) is 24.2 Å². The highest BCUT2D eigenvalue weighted by molar-refractivity contribution is 5.76. The van der Waals surface area contributed by atoms with Crippen molar-refractivity contribution in [2.75, 3.05) is 7.11 Å². The Kier molecular flexibility index (Phi) is 6.02. The highest BCUT2D eigenvalue weighted by Crippen LogP contribution is 2.26. The Labute approximate surface area is 121 Å². The molecule has 0 bridgehead atoms. The number of phenols is 1. The van der Waals surface area contributed by atoms with Crippen LogP contribution in [0.25, 0.3) is 0 Å². The lowest BCUT2D eigenvalue weighted by Crippen LogP contribution is -2.43. The molecule has 0 radical (unpaired) electrons. The van der Waals surface area contributed by atoms with E-state index in [1.165, 1.54) is 7.11 Å². The average molecular weight is 279 g/mol. The molecule has 0 aliphatic rings. The number of esters is 1. The molecule has 3 unspecified atom stereocenters. The monoisotopic (exact) mass is 279 g/mol. The van der Waals surface area contributed by atoms with Gasteiger partial charge in [-0.25, -0.2) is 0 Å². The molecule has 0 fully saturated rings. The molecule has 2 N–H and O–H groups in total. The van der Waals surface area contributed by atoms with Crippen molar-refractivity contribution in [2.24, 2.45) is 5.92 Å². The minimum Gasteiger partial charge on any atom is -0.508 e. The second-order valence-electron chi connectivity index (χ2n) is 5.34. The maximum atomic E-state index is 11.9. The Morgan fingerprint density at radius 2 is 2.05 bits per heavy atom. The zero-order valence-corrected chi connectivity index (χ0v) is 12.9. The van der Waals surface area contributed by atoms with Gasteiger partial charge in [-0.15, -0.1) is 0 Å². The van der Waals surface area contributed by atoms with Crippen molar-refractivity contribution in [1.82, 2.24) is 5.32 Å². The molecule has 20 heavy (non-hydrogen) atoms. The van der Waals surface area contributed by atoms with Gasteiger partial charge < -0.3 is 9.84 Å². The first-order valence-electron chi connectivity index (χ1n) is 7.04. The van der Waals surface area contributed by atoms with Crippen LogP contribution in [0.3, 0.4) is 0 Å². The van der Waals surface area contributed by atoms with Gasteiger partial charge in [-0.2, -0.15) is 0 Å². The Morgan fingerprint density at radius 1 is 1.40 bits per heavy atom. The Balaban J connectivity index is 2.92. The summed E-state index contributed by atoms with van der Waals surface area (Å²) in [7, 11) is 1.40. The van der Waals surface area contributed by atoms with E-state index < -0.39 is 0 Å². The predicted octanol–water partition coefficient (Wildman–Crippen LogP) is 2.94. The van der Waals surface area contributed by atoms with Gasteiger partial charge in [0.2, 0.25) is 0 Å². The molecular formula is C16H25NO3. The van der Waals surface area contributed by atoms with Crippen molar-refractivity contribution in [3.05, 3.63) is 29.3 Å². The van der Waals surface area contributed by atoms with Gasteiger partial charge >= 0.3 is 5.97 Å². The fraction of sp³-hybridized carbons (Fsp3) is 0.562. The van der Waals surface area contributed by atoms with Crippen LogP contribution >= 0.6 is 0 Å². The molecular weight excluding hydrogens is 254 g/mol. The van der Waals surface area contributed by atoms with Gasteiger partial charge in [0, 0.05) is 11.6 Å². The van der Waals surface area contributed by atoms with E-state index in [4.69, 9.17) is 4.74 Å². The number of hydrogen-bond donors (Lipinski definition) is 2. The first-order valence-corrected chi connectivity index (χ1v) is 7.04. The summed E-state index contributed by atoms with van der Waals surface area (Å²) in [6, 6.07) is 4.96. The summed E-state index contributed by atoms with van der Waals surface area (Å²) in [5, 5.41) is 13.2. The Morgan fingerprint density at radius 3 is 2.60 bits per heavy atom. The summed E-state index contributed by atoms with van der Waals surface area (Å²) in [6.07, 6.45) is 0.874. The van der Waals surface area contributed by atoms with Crippen molar-refractivity contribution in [3.8, 4) is 5.75 Å². The van der Waals surface area contributed by atoms with Crippen molar-refractivity contribution in [1.29, 1.82) is 0 Å². The Hall–Kier alpha value is -1.55. The lowest BCUT2D eigenvalue weighted by Gasteiger charge is -2.26. The zero-order valence-electron chi connectivity index (χ0n) is 12.9. The van der Waals surface area contributed by atoms with Crippen LogP contribution in [0, 0.1) is 12.8 Å². The molecule has 0 spiro atoms. The molecule has 1 rings (SSSR count). The molecule has 0 aromatic heterocycles. The third-order valence-corrected chi connectivity index (χ3v) is 3.75. The van der Waals surface area contributed by atoms with Gasteiger partial charge in [0.05, 0.1) is 7.11 Å². The van der Waals surface area contributed by atoms with Crippen LogP contribution < -0.4 is 5.32 Å². The lowest BCUT2D eigenvalue weighted by atomic mass is 9.96. The number of hydrogen-bond acceptors (Lipinski definition) is 4. The summed E-state index contributed by atoms with van der Waals surface area (Å²) >= 11 is 0. The van der Waals surface area contributed by atoms with E-state index in [2.05, 4.69) is 5.32 Å². The summed E-state index contributed by atoms with van der Waals surface area (Å²) in [5.74, 6) is 0.138. The van der Waals surface area contributed by atoms with Crippen LogP contribution in [-0.2, 0) is 9.53 Å². The molecule has 4 nitrogen and oxygen atoms in total. The number of aryl methyl sites for hydroxylation is 1. The van der Waals surface area contributed by atoms with Crippen molar-refractivity contribution in [2.45, 2.75) is 46.2 Å². The number of phenolic OH excluding ortho intramolecular Hbond substituents is 1. The van der Waals surface area contributed by atoms with Gasteiger partial charge in [0.25, 0.3) is 0 Å². The number of benzene rings is 1. The van der Waals surface area contributed by atoms with Crippen LogP contribution in [0.5, 0.6) is 5.75 Å². The van der Waals surface area contributed by atoms with Crippen molar-refractivity contribution < 1.29 is 14.6 Å². The van der Waals surface area contributed by atoms with E-state index in [1.54, 1.807) is 6.07 Å². The molecule has 0 aliphatic carbocycles. The van der Waals surface area contributed by atoms with E-state index in [1.807, 2.05) is 39.8 Å². The van der Waals surface area contributed by atoms with Gasteiger partial charge in [0.15, 0.2) is 0 Å². The standard InChI is InChI=1S/C16H25NO3/c1-6-11(3)15(16(19)20-5)17-12(4)13-9-10(2)7-8-14(13)18/h7-9,11-12,15,17-18H,6H2,1-5H3. The third-order valence-electron chi connectivity index (χ3n) is 3.75. The number of rotatable bonds is 6. The molecule has 112 valence electrons. The van der Waals surface area contributed by atoms with E-state index in [0.29, 0.717) is 0 Å². The van der Waals surface area contributed by atoms with Gasteiger partial charge in [-0.1, -0.05) is 38.0 Å². The fourth-order valence-corrected chi connectivity index (χ4v) is 2.21. The number of carbonyl (C=O) groups is 1. The molecule has 0 heterocycles. The number of nitrogens with one attached hydrogen (secondary N) is 1. The SMILES string of the molecule is CCC(C)C(NC(C)c1cc(C)ccc1O)C(=O)OC. The fourth-order valence-electron chi connectivity index (χ4n) is 2.21. The summed E-state index contributed by atoms with van der Waals surface area (Å²) in [5.41, 5.74) is 1.87. The normalized spacial score (nSPS) is 15.4. The molecule has 1 aromatic carbocycles. The minimum atomic E-state index is -0.375. The maximum Gasteiger partial charge on any atom is 0.323 e. The first kappa shape index (κ1) is 16.5. The highest BCUT2D eigenvalue weighted by atomic mass is 16.5. The van der Waals surface area contributed by atoms with Gasteiger partial charge in [0.1, 0.15) is 11.8 Å². The topological polar surface area (TPSA) is 58.6 Å². The van der Waals surface area contributed by atoms with Crippen molar-refractivity contribution >= 4 is 5.97 Å². The van der Waals surface area contributed by atoms with Crippen LogP contribution in [0.15, 0.2) is 18.2 Å². The third kappa shape index (κ3) is 3.97. The largest absolute Gasteiger partial charge is 0.508 e. The smallest absolute Gasteiger partial charge is 0.323 e. The summed E-state index contributed by atoms with van der Waals surface area (Å²) < 4.78 is 4.86. The minimum absolute atomic E-state index is 0.131. The molecule has 0 amide bonds. The van der Waals surface area contributed by atoms with Crippen molar-refractivity contribution in [3.63, 3.8) is 0 Å². The van der Waals surface area contributed by atoms with Gasteiger partial charge in [-0.05, 0) is 25.8 Å². The maximum absolute atomic E-state index is 11.9.